The van der Waals surface area contributed by atoms with Crippen LogP contribution in [0.2, 0.25) is 0 Å². The summed E-state index contributed by atoms with van der Waals surface area (Å²) in [7, 11) is 3.75. The summed E-state index contributed by atoms with van der Waals surface area (Å²) in [5.41, 5.74) is 4.47. The normalized spacial score (nSPS) is 15.7. The minimum absolute atomic E-state index is 0.0538. The molecule has 0 fully saturated rings. The van der Waals surface area contributed by atoms with Gasteiger partial charge in [0.05, 0.1) is 6.61 Å². The monoisotopic (exact) mass is 370 g/mol. The molecule has 0 rings (SSSR count). The number of aliphatic hydroxyl groups is 5. The minimum atomic E-state index is -1.90. The third-order valence-electron chi connectivity index (χ3n) is 2.31. The fraction of sp³-hybridized carbons (Fsp3) is 0.786. The van der Waals surface area contributed by atoms with Crippen LogP contribution in [-0.4, -0.2) is 94.9 Å². The predicted molar refractivity (Wildman–Crippen MR) is 87.2 cm³/mol. The van der Waals surface area contributed by atoms with Crippen molar-refractivity contribution in [2.75, 3.05) is 20.7 Å². The zero-order valence-corrected chi connectivity index (χ0v) is 14.8. The first-order chi connectivity index (χ1) is 11.5. The Bertz CT molecular complexity index is 364. The summed E-state index contributed by atoms with van der Waals surface area (Å²) < 4.78 is 4.47. The van der Waals surface area contributed by atoms with Crippen molar-refractivity contribution >= 4 is 18.2 Å². The van der Waals surface area contributed by atoms with E-state index in [1.807, 2.05) is 14.1 Å². The van der Waals surface area contributed by atoms with Gasteiger partial charge >= 0.3 is 5.97 Å². The van der Waals surface area contributed by atoms with Crippen molar-refractivity contribution in [3.63, 3.8) is 0 Å². The van der Waals surface area contributed by atoms with Crippen molar-refractivity contribution in [3.05, 3.63) is 0 Å². The fourth-order valence-corrected chi connectivity index (χ4v) is 1.09. The Morgan fingerprint density at radius 2 is 1.56 bits per heavy atom. The number of ether oxygens (including phenoxy) is 1. The van der Waals surface area contributed by atoms with Gasteiger partial charge in [0.2, 0.25) is 5.91 Å². The summed E-state index contributed by atoms with van der Waals surface area (Å²) in [6.45, 7) is 1.97. The van der Waals surface area contributed by atoms with Gasteiger partial charge in [-0.2, -0.15) is 0 Å². The van der Waals surface area contributed by atoms with Crippen LogP contribution >= 0.6 is 0 Å². The fourth-order valence-electron chi connectivity index (χ4n) is 1.09. The lowest BCUT2D eigenvalue weighted by atomic mass is 10.0. The third kappa shape index (κ3) is 15.6. The maximum Gasteiger partial charge on any atom is 0.335 e. The summed E-state index contributed by atoms with van der Waals surface area (Å²) in [6, 6.07) is 0. The molecule has 0 aromatic heterocycles. The third-order valence-corrected chi connectivity index (χ3v) is 2.31. The second-order valence-electron chi connectivity index (χ2n) is 4.80. The number of amides is 1. The second kappa shape index (κ2) is 17.2. The number of hydrogen-bond acceptors (Lipinski definition) is 10. The molecule has 0 aliphatic rings. The number of nitrogens with two attached hydrogens (primary N) is 1. The van der Waals surface area contributed by atoms with Gasteiger partial charge in [-0.1, -0.05) is 6.92 Å². The zero-order chi connectivity index (χ0) is 20.6. The number of carbonyl (C=O) groups is 3. The maximum absolute atomic E-state index is 11.2. The van der Waals surface area contributed by atoms with E-state index in [1.54, 1.807) is 0 Å². The van der Waals surface area contributed by atoms with Crippen LogP contribution in [0.4, 0.5) is 0 Å². The van der Waals surface area contributed by atoms with E-state index in [9.17, 15) is 24.6 Å². The Morgan fingerprint density at radius 1 is 1.16 bits per heavy atom. The average molecular weight is 370 g/mol. The molecule has 11 nitrogen and oxygen atoms in total. The van der Waals surface area contributed by atoms with Crippen molar-refractivity contribution in [1.29, 1.82) is 0 Å². The van der Waals surface area contributed by atoms with Crippen molar-refractivity contribution in [3.8, 4) is 0 Å². The van der Waals surface area contributed by atoms with E-state index in [1.165, 1.54) is 13.8 Å². The summed E-state index contributed by atoms with van der Waals surface area (Å²) in [4.78, 5) is 31.0. The summed E-state index contributed by atoms with van der Waals surface area (Å²) in [5.74, 6) is -1.46. The second-order valence-corrected chi connectivity index (χ2v) is 4.80. The molecular formula is C14H30N2O9. The van der Waals surface area contributed by atoms with Crippen LogP contribution in [-0.2, 0) is 19.1 Å². The Balaban J connectivity index is -0.000000586. The van der Waals surface area contributed by atoms with Gasteiger partial charge in [0.15, 0.2) is 18.5 Å². The molecule has 0 saturated heterocycles. The van der Waals surface area contributed by atoms with Crippen molar-refractivity contribution in [1.82, 2.24) is 5.32 Å². The first kappa shape index (κ1) is 28.2. The number of esters is 1. The average Bonchev–Trinajstić information content (AvgIpc) is 2.56. The van der Waals surface area contributed by atoms with Crippen LogP contribution in [0.25, 0.3) is 0 Å². The van der Waals surface area contributed by atoms with Crippen LogP contribution in [0.3, 0.4) is 0 Å². The number of aliphatic hydroxyl groups excluding tert-OH is 5. The molecule has 1 amide bonds. The van der Waals surface area contributed by atoms with Gasteiger partial charge < -0.3 is 41.3 Å². The maximum atomic E-state index is 11.2. The molecule has 5 atom stereocenters. The first-order valence-electron chi connectivity index (χ1n) is 7.37. The van der Waals surface area contributed by atoms with Gasteiger partial charge in [-0.25, -0.2) is 4.79 Å². The number of carbonyl (C=O) groups excluding carboxylic acids is 3. The van der Waals surface area contributed by atoms with Gasteiger partial charge in [0.1, 0.15) is 18.3 Å². The lowest BCUT2D eigenvalue weighted by molar-refractivity contribution is -0.175. The van der Waals surface area contributed by atoms with Gasteiger partial charge in [-0.15, -0.1) is 0 Å². The number of nitrogens with one attached hydrogen (secondary N) is 1. The van der Waals surface area contributed by atoms with Crippen molar-refractivity contribution in [2.24, 2.45) is 5.73 Å². The SMILES string of the molecule is CC(N)=O.CCC(O)C(=O)O[C@@H](C=O)[C@@H](O)[C@H](O)[C@H](O)CO.CNC. The Kier molecular flexibility index (Phi) is 19.4. The van der Waals surface area contributed by atoms with E-state index in [0.29, 0.717) is 0 Å². The van der Waals surface area contributed by atoms with E-state index in [2.05, 4.69) is 15.8 Å². The van der Waals surface area contributed by atoms with Gasteiger partial charge in [-0.05, 0) is 20.5 Å². The largest absolute Gasteiger partial charge is 0.450 e. The highest BCUT2D eigenvalue weighted by molar-refractivity contribution is 5.76. The van der Waals surface area contributed by atoms with Gasteiger partial charge in [0, 0.05) is 6.92 Å². The van der Waals surface area contributed by atoms with E-state index in [-0.39, 0.29) is 18.6 Å². The van der Waals surface area contributed by atoms with E-state index in [4.69, 9.17) is 15.3 Å². The Labute approximate surface area is 146 Å². The Morgan fingerprint density at radius 3 is 1.84 bits per heavy atom. The molecule has 0 aliphatic carbocycles. The molecule has 0 aromatic rings. The minimum Gasteiger partial charge on any atom is -0.450 e. The summed E-state index contributed by atoms with van der Waals surface area (Å²) in [6.07, 6.45) is -8.53. The lowest BCUT2D eigenvalue weighted by Crippen LogP contribution is -2.48. The summed E-state index contributed by atoms with van der Waals surface area (Å²) in [5, 5.41) is 48.3. The molecule has 0 radical (unpaired) electrons. The Hall–Kier alpha value is -1.63. The van der Waals surface area contributed by atoms with Crippen LogP contribution in [0.5, 0.6) is 0 Å². The number of aldehydes is 1. The molecule has 0 aromatic carbocycles. The predicted octanol–water partition coefficient (Wildman–Crippen LogP) is -3.73. The van der Waals surface area contributed by atoms with Crippen molar-refractivity contribution < 1.29 is 44.7 Å². The molecule has 0 heterocycles. The zero-order valence-electron chi connectivity index (χ0n) is 14.8. The molecule has 150 valence electrons. The standard InChI is InChI=1S/C10H18O8.C2H5NO.C2H7N/c1-2-5(13)10(17)18-7(4-12)9(16)8(15)6(14)3-11;1-2(3)4;1-3-2/h4-9,11,13-16H,2-3H2,1H3;1H3,(H2,3,4);3H,1-2H3/t5?,6-,7+,8-,9-;;/m1../s1. The van der Waals surface area contributed by atoms with Crippen LogP contribution in [0, 0.1) is 0 Å². The van der Waals surface area contributed by atoms with E-state index < -0.39 is 43.1 Å². The molecule has 0 saturated carbocycles. The topological polar surface area (TPSA) is 200 Å². The number of rotatable bonds is 8. The van der Waals surface area contributed by atoms with Gasteiger partial charge in [-0.3, -0.25) is 9.59 Å². The molecule has 0 aliphatic heterocycles. The number of hydrogen-bond donors (Lipinski definition) is 7. The van der Waals surface area contributed by atoms with E-state index in [0.717, 1.165) is 0 Å². The molecule has 11 heteroatoms. The lowest BCUT2D eigenvalue weighted by Gasteiger charge is -2.25. The van der Waals surface area contributed by atoms with Crippen LogP contribution in [0.15, 0.2) is 0 Å². The van der Waals surface area contributed by atoms with Crippen molar-refractivity contribution in [2.45, 2.75) is 50.8 Å². The molecular weight excluding hydrogens is 340 g/mol. The molecule has 25 heavy (non-hydrogen) atoms. The molecule has 8 N–H and O–H groups in total. The van der Waals surface area contributed by atoms with Crippen LogP contribution in [0.1, 0.15) is 20.3 Å². The quantitative estimate of drug-likeness (QED) is 0.164. The first-order valence-corrected chi connectivity index (χ1v) is 7.37. The van der Waals surface area contributed by atoms with Crippen LogP contribution < -0.4 is 11.1 Å². The highest BCUT2D eigenvalue weighted by Gasteiger charge is 2.34. The van der Waals surface area contributed by atoms with E-state index >= 15 is 0 Å². The summed E-state index contributed by atoms with van der Waals surface area (Å²) >= 11 is 0. The highest BCUT2D eigenvalue weighted by Crippen LogP contribution is 2.08. The smallest absolute Gasteiger partial charge is 0.335 e. The molecule has 0 spiro atoms. The molecule has 0 bridgehead atoms. The highest BCUT2D eigenvalue weighted by atomic mass is 16.6. The van der Waals surface area contributed by atoms with Gasteiger partial charge in [0.25, 0.3) is 0 Å². The number of primary amides is 1. The molecule has 1 unspecified atom stereocenters.